The first-order valence-corrected chi connectivity index (χ1v) is 5.78. The SMILES string of the molecule is COC(=O)c1ccc(/C=C\C2CCCO2)cc1. The molecule has 0 spiro atoms. The number of methoxy groups -OCH3 is 1. The number of rotatable bonds is 3. The topological polar surface area (TPSA) is 35.5 Å². The van der Waals surface area contributed by atoms with E-state index in [1.807, 2.05) is 18.2 Å². The van der Waals surface area contributed by atoms with Crippen LogP contribution in [0.3, 0.4) is 0 Å². The molecule has 0 N–H and O–H groups in total. The lowest BCUT2D eigenvalue weighted by Crippen LogP contribution is -2.00. The summed E-state index contributed by atoms with van der Waals surface area (Å²) in [5.74, 6) is -0.306. The third-order valence-electron chi connectivity index (χ3n) is 2.80. The van der Waals surface area contributed by atoms with Crippen molar-refractivity contribution in [1.82, 2.24) is 0 Å². The fourth-order valence-corrected chi connectivity index (χ4v) is 1.82. The molecular formula is C14H16O3. The molecule has 17 heavy (non-hydrogen) atoms. The van der Waals surface area contributed by atoms with Gasteiger partial charge in [0.2, 0.25) is 0 Å². The van der Waals surface area contributed by atoms with Gasteiger partial charge >= 0.3 is 5.97 Å². The van der Waals surface area contributed by atoms with Crippen molar-refractivity contribution in [1.29, 1.82) is 0 Å². The Balaban J connectivity index is 2.00. The Morgan fingerprint density at radius 2 is 2.18 bits per heavy atom. The third-order valence-corrected chi connectivity index (χ3v) is 2.80. The molecule has 1 saturated heterocycles. The molecule has 1 fully saturated rings. The van der Waals surface area contributed by atoms with Gasteiger partial charge in [-0.2, -0.15) is 0 Å². The summed E-state index contributed by atoms with van der Waals surface area (Å²) in [5.41, 5.74) is 1.63. The van der Waals surface area contributed by atoms with Gasteiger partial charge in [-0.05, 0) is 30.5 Å². The van der Waals surface area contributed by atoms with Crippen molar-refractivity contribution in [2.24, 2.45) is 0 Å². The summed E-state index contributed by atoms with van der Waals surface area (Å²) >= 11 is 0. The molecule has 0 saturated carbocycles. The van der Waals surface area contributed by atoms with Crippen molar-refractivity contribution in [2.75, 3.05) is 13.7 Å². The standard InChI is InChI=1S/C14H16O3/c1-16-14(15)12-7-4-11(5-8-12)6-9-13-3-2-10-17-13/h4-9,13H,2-3,10H2,1H3/b9-6-. The maximum Gasteiger partial charge on any atom is 0.337 e. The van der Waals surface area contributed by atoms with Crippen molar-refractivity contribution in [3.8, 4) is 0 Å². The van der Waals surface area contributed by atoms with Gasteiger partial charge in [0.25, 0.3) is 0 Å². The predicted octanol–water partition coefficient (Wildman–Crippen LogP) is 2.67. The lowest BCUT2D eigenvalue weighted by atomic mass is 10.1. The predicted molar refractivity (Wildman–Crippen MR) is 65.8 cm³/mol. The molecule has 0 radical (unpaired) electrons. The van der Waals surface area contributed by atoms with Gasteiger partial charge in [0.1, 0.15) is 0 Å². The number of benzene rings is 1. The second-order valence-electron chi connectivity index (χ2n) is 4.02. The van der Waals surface area contributed by atoms with Crippen LogP contribution in [0.25, 0.3) is 6.08 Å². The zero-order valence-corrected chi connectivity index (χ0v) is 9.89. The molecule has 3 nitrogen and oxygen atoms in total. The first-order valence-electron chi connectivity index (χ1n) is 5.78. The van der Waals surface area contributed by atoms with Crippen LogP contribution < -0.4 is 0 Å². The number of ether oxygens (including phenoxy) is 2. The molecule has 3 heteroatoms. The van der Waals surface area contributed by atoms with E-state index in [0.717, 1.165) is 25.0 Å². The zero-order valence-electron chi connectivity index (χ0n) is 9.89. The van der Waals surface area contributed by atoms with Crippen molar-refractivity contribution in [3.63, 3.8) is 0 Å². The first-order chi connectivity index (χ1) is 8.29. The van der Waals surface area contributed by atoms with Crippen LogP contribution in [0, 0.1) is 0 Å². The Hall–Kier alpha value is -1.61. The second kappa shape index (κ2) is 5.64. The maximum absolute atomic E-state index is 11.2. The van der Waals surface area contributed by atoms with E-state index < -0.39 is 0 Å². The van der Waals surface area contributed by atoms with E-state index in [1.54, 1.807) is 12.1 Å². The van der Waals surface area contributed by atoms with Gasteiger partial charge in [0.05, 0.1) is 18.8 Å². The highest BCUT2D eigenvalue weighted by atomic mass is 16.5. The smallest absolute Gasteiger partial charge is 0.337 e. The van der Waals surface area contributed by atoms with Crippen LogP contribution in [-0.2, 0) is 9.47 Å². The van der Waals surface area contributed by atoms with E-state index >= 15 is 0 Å². The lowest BCUT2D eigenvalue weighted by molar-refractivity contribution is 0.0600. The fraction of sp³-hybridized carbons (Fsp3) is 0.357. The van der Waals surface area contributed by atoms with Crippen LogP contribution in [0.2, 0.25) is 0 Å². The average Bonchev–Trinajstić information content (AvgIpc) is 2.89. The van der Waals surface area contributed by atoms with E-state index in [-0.39, 0.29) is 12.1 Å². The number of hydrogen-bond donors (Lipinski definition) is 0. The summed E-state index contributed by atoms with van der Waals surface area (Å²) in [6, 6.07) is 7.33. The summed E-state index contributed by atoms with van der Waals surface area (Å²) in [4.78, 5) is 11.2. The Kier molecular flexibility index (Phi) is 3.94. The number of hydrogen-bond acceptors (Lipinski definition) is 3. The molecule has 0 bridgehead atoms. The largest absolute Gasteiger partial charge is 0.465 e. The van der Waals surface area contributed by atoms with Crippen molar-refractivity contribution in [2.45, 2.75) is 18.9 Å². The summed E-state index contributed by atoms with van der Waals surface area (Å²) in [7, 11) is 1.38. The Labute approximate surface area is 101 Å². The zero-order chi connectivity index (χ0) is 12.1. The molecule has 1 aliphatic rings. The summed E-state index contributed by atoms with van der Waals surface area (Å²) < 4.78 is 10.1. The van der Waals surface area contributed by atoms with Crippen LogP contribution in [0.4, 0.5) is 0 Å². The monoisotopic (exact) mass is 232 g/mol. The fourth-order valence-electron chi connectivity index (χ4n) is 1.82. The van der Waals surface area contributed by atoms with Crippen molar-refractivity contribution in [3.05, 3.63) is 41.5 Å². The number of carbonyl (C=O) groups is 1. The molecule has 2 rings (SSSR count). The Morgan fingerprint density at radius 3 is 2.76 bits per heavy atom. The van der Waals surface area contributed by atoms with E-state index in [9.17, 15) is 4.79 Å². The van der Waals surface area contributed by atoms with Crippen LogP contribution in [-0.4, -0.2) is 25.8 Å². The van der Waals surface area contributed by atoms with Gasteiger partial charge in [-0.15, -0.1) is 0 Å². The first kappa shape index (κ1) is 11.9. The molecule has 90 valence electrons. The molecular weight excluding hydrogens is 216 g/mol. The Morgan fingerprint density at radius 1 is 1.41 bits per heavy atom. The summed E-state index contributed by atoms with van der Waals surface area (Å²) in [6.07, 6.45) is 6.57. The molecule has 1 atom stereocenters. The Bertz CT molecular complexity index is 400. The second-order valence-corrected chi connectivity index (χ2v) is 4.02. The molecule has 0 amide bonds. The molecule has 1 aromatic carbocycles. The minimum atomic E-state index is -0.306. The third kappa shape index (κ3) is 3.17. The van der Waals surface area contributed by atoms with Gasteiger partial charge in [0.15, 0.2) is 0 Å². The van der Waals surface area contributed by atoms with Crippen molar-refractivity contribution < 1.29 is 14.3 Å². The van der Waals surface area contributed by atoms with Crippen LogP contribution >= 0.6 is 0 Å². The highest BCUT2D eigenvalue weighted by molar-refractivity contribution is 5.89. The summed E-state index contributed by atoms with van der Waals surface area (Å²) in [5, 5.41) is 0. The quantitative estimate of drug-likeness (QED) is 0.751. The minimum Gasteiger partial charge on any atom is -0.465 e. The van der Waals surface area contributed by atoms with Crippen molar-refractivity contribution >= 4 is 12.0 Å². The van der Waals surface area contributed by atoms with Crippen LogP contribution in [0.1, 0.15) is 28.8 Å². The van der Waals surface area contributed by atoms with Gasteiger partial charge in [-0.3, -0.25) is 0 Å². The van der Waals surface area contributed by atoms with E-state index in [4.69, 9.17) is 4.74 Å². The highest BCUT2D eigenvalue weighted by Gasteiger charge is 2.11. The molecule has 1 heterocycles. The van der Waals surface area contributed by atoms with Crippen LogP contribution in [0.15, 0.2) is 30.3 Å². The number of carbonyl (C=O) groups excluding carboxylic acids is 1. The minimum absolute atomic E-state index is 0.246. The molecule has 1 unspecified atom stereocenters. The average molecular weight is 232 g/mol. The molecule has 0 aromatic heterocycles. The molecule has 1 aliphatic heterocycles. The molecule has 0 aliphatic carbocycles. The van der Waals surface area contributed by atoms with Gasteiger partial charge < -0.3 is 9.47 Å². The summed E-state index contributed by atoms with van der Waals surface area (Å²) in [6.45, 7) is 0.857. The number of esters is 1. The van der Waals surface area contributed by atoms with Gasteiger partial charge in [0, 0.05) is 6.61 Å². The molecule has 1 aromatic rings. The van der Waals surface area contributed by atoms with Gasteiger partial charge in [-0.25, -0.2) is 4.79 Å². The lowest BCUT2D eigenvalue weighted by Gasteiger charge is -2.02. The van der Waals surface area contributed by atoms with Gasteiger partial charge in [-0.1, -0.05) is 24.3 Å². The maximum atomic E-state index is 11.2. The highest BCUT2D eigenvalue weighted by Crippen LogP contribution is 2.15. The normalized spacial score (nSPS) is 19.7. The van der Waals surface area contributed by atoms with E-state index in [2.05, 4.69) is 10.8 Å². The van der Waals surface area contributed by atoms with E-state index in [0.29, 0.717) is 5.56 Å². The van der Waals surface area contributed by atoms with Crippen LogP contribution in [0.5, 0.6) is 0 Å². The van der Waals surface area contributed by atoms with E-state index in [1.165, 1.54) is 7.11 Å².